The third-order valence-corrected chi connectivity index (χ3v) is 4.66. The third-order valence-electron chi connectivity index (χ3n) is 3.97. The minimum atomic E-state index is 0.142. The summed E-state index contributed by atoms with van der Waals surface area (Å²) >= 11 is 3.61. The fourth-order valence-corrected chi connectivity index (χ4v) is 3.45. The van der Waals surface area contributed by atoms with Crippen LogP contribution in [-0.2, 0) is 0 Å². The molecule has 3 heteroatoms. The fraction of sp³-hybridized carbons (Fsp3) is 0.600. The highest BCUT2D eigenvalue weighted by Crippen LogP contribution is 2.36. The first-order chi connectivity index (χ1) is 8.72. The van der Waals surface area contributed by atoms with E-state index in [1.165, 1.54) is 44.1 Å². The molecule has 0 spiro atoms. The zero-order chi connectivity index (χ0) is 13.0. The first-order valence-corrected chi connectivity index (χ1v) is 7.60. The molecule has 0 bridgehead atoms. The van der Waals surface area contributed by atoms with Crippen LogP contribution in [0.2, 0.25) is 0 Å². The molecule has 2 N–H and O–H groups in total. The van der Waals surface area contributed by atoms with Gasteiger partial charge >= 0.3 is 0 Å². The lowest BCUT2D eigenvalue weighted by atomic mass is 9.88. The Labute approximate surface area is 118 Å². The fourth-order valence-electron chi connectivity index (χ4n) is 2.83. The zero-order valence-electron chi connectivity index (χ0n) is 11.0. The van der Waals surface area contributed by atoms with Crippen LogP contribution < -0.4 is 10.5 Å². The van der Waals surface area contributed by atoms with E-state index < -0.39 is 0 Å². The molecule has 2 rings (SSSR count). The lowest BCUT2D eigenvalue weighted by molar-refractivity contribution is 0.380. The van der Waals surface area contributed by atoms with Gasteiger partial charge in [0.1, 0.15) is 5.75 Å². The van der Waals surface area contributed by atoms with Gasteiger partial charge in [-0.1, -0.05) is 47.7 Å². The van der Waals surface area contributed by atoms with Gasteiger partial charge in [0, 0.05) is 10.5 Å². The molecule has 18 heavy (non-hydrogen) atoms. The highest BCUT2D eigenvalue weighted by atomic mass is 79.9. The molecule has 0 saturated heterocycles. The topological polar surface area (TPSA) is 35.2 Å². The molecule has 1 fully saturated rings. The second kappa shape index (κ2) is 6.58. The molecule has 0 amide bonds. The summed E-state index contributed by atoms with van der Waals surface area (Å²) in [7, 11) is 1.69. The number of nitrogens with two attached hydrogens (primary N) is 1. The Morgan fingerprint density at radius 3 is 2.44 bits per heavy atom. The summed E-state index contributed by atoms with van der Waals surface area (Å²) in [5.41, 5.74) is 7.67. The summed E-state index contributed by atoms with van der Waals surface area (Å²) < 4.78 is 6.29. The van der Waals surface area contributed by atoms with Crippen molar-refractivity contribution in [3.63, 3.8) is 0 Å². The predicted octanol–water partition coefficient (Wildman–Crippen LogP) is 4.43. The van der Waals surface area contributed by atoms with E-state index in [0.29, 0.717) is 5.92 Å². The minimum Gasteiger partial charge on any atom is -0.497 e. The van der Waals surface area contributed by atoms with Crippen molar-refractivity contribution >= 4 is 15.9 Å². The van der Waals surface area contributed by atoms with Gasteiger partial charge in [-0.2, -0.15) is 0 Å². The third kappa shape index (κ3) is 3.27. The van der Waals surface area contributed by atoms with E-state index in [4.69, 9.17) is 10.5 Å². The largest absolute Gasteiger partial charge is 0.497 e. The second-order valence-electron chi connectivity index (χ2n) is 5.16. The van der Waals surface area contributed by atoms with Crippen LogP contribution in [-0.4, -0.2) is 7.11 Å². The molecule has 1 aromatic rings. The van der Waals surface area contributed by atoms with Crippen LogP contribution in [0.5, 0.6) is 5.75 Å². The molecule has 1 aliphatic carbocycles. The molecule has 0 aromatic heterocycles. The lowest BCUT2D eigenvalue weighted by Gasteiger charge is -2.24. The Hall–Kier alpha value is -0.540. The van der Waals surface area contributed by atoms with Gasteiger partial charge in [-0.3, -0.25) is 0 Å². The van der Waals surface area contributed by atoms with Gasteiger partial charge in [0.2, 0.25) is 0 Å². The number of rotatable bonds is 3. The maximum atomic E-state index is 6.46. The van der Waals surface area contributed by atoms with E-state index in [-0.39, 0.29) is 6.04 Å². The molecule has 0 radical (unpaired) electrons. The van der Waals surface area contributed by atoms with Crippen LogP contribution in [0.15, 0.2) is 22.7 Å². The van der Waals surface area contributed by atoms with Gasteiger partial charge in [0.05, 0.1) is 7.11 Å². The number of halogens is 1. The van der Waals surface area contributed by atoms with Crippen molar-refractivity contribution in [1.29, 1.82) is 0 Å². The Bertz CT molecular complexity index is 386. The maximum Gasteiger partial charge on any atom is 0.120 e. The Balaban J connectivity index is 2.14. The smallest absolute Gasteiger partial charge is 0.120 e. The minimum absolute atomic E-state index is 0.142. The zero-order valence-corrected chi connectivity index (χ0v) is 12.6. The first kappa shape index (κ1) is 13.9. The molecule has 100 valence electrons. The normalized spacial score (nSPS) is 19.3. The van der Waals surface area contributed by atoms with E-state index in [9.17, 15) is 0 Å². The number of hydrogen-bond donors (Lipinski definition) is 1. The molecule has 2 nitrogen and oxygen atoms in total. The van der Waals surface area contributed by atoms with E-state index in [0.717, 1.165) is 10.2 Å². The standard InChI is InChI=1S/C15H22BrNO/c1-18-12-8-9-13(14(16)10-12)15(17)11-6-4-2-3-5-7-11/h8-11,15H,2-7,17H2,1H3. The van der Waals surface area contributed by atoms with Crippen molar-refractivity contribution in [2.24, 2.45) is 11.7 Å². The van der Waals surface area contributed by atoms with Crippen LogP contribution in [0.4, 0.5) is 0 Å². The molecule has 0 aliphatic heterocycles. The van der Waals surface area contributed by atoms with Crippen molar-refractivity contribution < 1.29 is 4.74 Å². The van der Waals surface area contributed by atoms with Crippen molar-refractivity contribution in [1.82, 2.24) is 0 Å². The van der Waals surface area contributed by atoms with Gasteiger partial charge in [-0.15, -0.1) is 0 Å². The van der Waals surface area contributed by atoms with Crippen molar-refractivity contribution in [3.8, 4) is 5.75 Å². The van der Waals surface area contributed by atoms with Crippen LogP contribution >= 0.6 is 15.9 Å². The molecule has 1 atom stereocenters. The summed E-state index contributed by atoms with van der Waals surface area (Å²) in [4.78, 5) is 0. The van der Waals surface area contributed by atoms with Gasteiger partial charge in [0.25, 0.3) is 0 Å². The highest BCUT2D eigenvalue weighted by molar-refractivity contribution is 9.10. The molecule has 1 aliphatic rings. The average molecular weight is 312 g/mol. The molecule has 1 aromatic carbocycles. The lowest BCUT2D eigenvalue weighted by Crippen LogP contribution is -2.21. The Morgan fingerprint density at radius 2 is 1.89 bits per heavy atom. The summed E-state index contributed by atoms with van der Waals surface area (Å²) in [5, 5.41) is 0. The monoisotopic (exact) mass is 311 g/mol. The Morgan fingerprint density at radius 1 is 1.22 bits per heavy atom. The predicted molar refractivity (Wildman–Crippen MR) is 78.8 cm³/mol. The molecule has 1 unspecified atom stereocenters. The quantitative estimate of drug-likeness (QED) is 0.838. The SMILES string of the molecule is COc1ccc(C(N)C2CCCCCC2)c(Br)c1. The van der Waals surface area contributed by atoms with Gasteiger partial charge in [0.15, 0.2) is 0 Å². The van der Waals surface area contributed by atoms with Gasteiger partial charge in [-0.25, -0.2) is 0 Å². The average Bonchev–Trinajstić information content (AvgIpc) is 2.66. The van der Waals surface area contributed by atoms with Crippen molar-refractivity contribution in [3.05, 3.63) is 28.2 Å². The summed E-state index contributed by atoms with van der Waals surface area (Å²) in [6.07, 6.45) is 7.91. The first-order valence-electron chi connectivity index (χ1n) is 6.81. The maximum absolute atomic E-state index is 6.46. The van der Waals surface area contributed by atoms with Crippen molar-refractivity contribution in [2.75, 3.05) is 7.11 Å². The van der Waals surface area contributed by atoms with E-state index in [1.54, 1.807) is 7.11 Å². The van der Waals surface area contributed by atoms with Crippen LogP contribution in [0, 0.1) is 5.92 Å². The van der Waals surface area contributed by atoms with Crippen LogP contribution in [0.1, 0.15) is 50.1 Å². The van der Waals surface area contributed by atoms with E-state index in [2.05, 4.69) is 22.0 Å². The van der Waals surface area contributed by atoms with Crippen molar-refractivity contribution in [2.45, 2.75) is 44.6 Å². The van der Waals surface area contributed by atoms with Crippen LogP contribution in [0.25, 0.3) is 0 Å². The number of ether oxygens (including phenoxy) is 1. The van der Waals surface area contributed by atoms with E-state index in [1.807, 2.05) is 12.1 Å². The molecule has 0 heterocycles. The van der Waals surface area contributed by atoms with Crippen LogP contribution in [0.3, 0.4) is 0 Å². The second-order valence-corrected chi connectivity index (χ2v) is 6.02. The number of benzene rings is 1. The van der Waals surface area contributed by atoms with E-state index >= 15 is 0 Å². The summed E-state index contributed by atoms with van der Waals surface area (Å²) in [6.45, 7) is 0. The molecular weight excluding hydrogens is 290 g/mol. The number of methoxy groups -OCH3 is 1. The Kier molecular flexibility index (Phi) is 5.07. The molecule has 1 saturated carbocycles. The number of hydrogen-bond acceptors (Lipinski definition) is 2. The molecular formula is C15H22BrNO. The summed E-state index contributed by atoms with van der Waals surface area (Å²) in [5.74, 6) is 1.50. The van der Waals surface area contributed by atoms with Gasteiger partial charge < -0.3 is 10.5 Å². The highest BCUT2D eigenvalue weighted by Gasteiger charge is 2.22. The van der Waals surface area contributed by atoms with Gasteiger partial charge in [-0.05, 0) is 36.5 Å². The summed E-state index contributed by atoms with van der Waals surface area (Å²) in [6, 6.07) is 6.24.